The van der Waals surface area contributed by atoms with Crippen LogP contribution < -0.4 is 5.32 Å². The van der Waals surface area contributed by atoms with E-state index >= 15 is 0 Å². The maximum absolute atomic E-state index is 13.5. The lowest BCUT2D eigenvalue weighted by molar-refractivity contribution is 0.0696. The molecule has 6 heteroatoms. The van der Waals surface area contributed by atoms with Crippen molar-refractivity contribution in [2.75, 3.05) is 6.54 Å². The second-order valence-electron chi connectivity index (χ2n) is 4.56. The second kappa shape index (κ2) is 6.29. The van der Waals surface area contributed by atoms with E-state index in [0.29, 0.717) is 18.7 Å². The molecule has 1 heterocycles. The van der Waals surface area contributed by atoms with Crippen LogP contribution in [0.3, 0.4) is 0 Å². The lowest BCUT2D eigenvalue weighted by Crippen LogP contribution is -2.17. The molecule has 0 saturated heterocycles. The largest absolute Gasteiger partial charge is 0.478 e. The van der Waals surface area contributed by atoms with Gasteiger partial charge >= 0.3 is 5.97 Å². The third-order valence-corrected chi connectivity index (χ3v) is 2.96. The van der Waals surface area contributed by atoms with Crippen LogP contribution in [0.15, 0.2) is 30.6 Å². The molecule has 0 aliphatic carbocycles. The number of hydrogen-bond acceptors (Lipinski definition) is 3. The summed E-state index contributed by atoms with van der Waals surface area (Å²) in [6, 6.07) is 3.80. The van der Waals surface area contributed by atoms with Crippen LogP contribution >= 0.6 is 0 Å². The van der Waals surface area contributed by atoms with Crippen molar-refractivity contribution in [2.45, 2.75) is 13.0 Å². The summed E-state index contributed by atoms with van der Waals surface area (Å²) < 4.78 is 15.3. The highest BCUT2D eigenvalue weighted by Crippen LogP contribution is 2.10. The predicted octanol–water partition coefficient (Wildman–Crippen LogP) is 1.59. The molecule has 5 nitrogen and oxygen atoms in total. The van der Waals surface area contributed by atoms with E-state index in [1.165, 1.54) is 18.2 Å². The molecule has 0 fully saturated rings. The molecule has 20 heavy (non-hydrogen) atoms. The number of carboxylic acids is 1. The van der Waals surface area contributed by atoms with Crippen molar-refractivity contribution in [3.63, 3.8) is 0 Å². The Morgan fingerprint density at radius 3 is 2.95 bits per heavy atom. The maximum Gasteiger partial charge on any atom is 0.335 e. The molecule has 0 spiro atoms. The third kappa shape index (κ3) is 3.64. The number of aromatic nitrogens is 2. The first-order valence-corrected chi connectivity index (χ1v) is 6.26. The van der Waals surface area contributed by atoms with Crippen molar-refractivity contribution < 1.29 is 14.3 Å². The molecule has 0 bridgehead atoms. The fourth-order valence-electron chi connectivity index (χ4n) is 1.90. The number of nitrogens with zero attached hydrogens (tertiary/aromatic N) is 2. The Hall–Kier alpha value is -2.21. The number of halogens is 1. The predicted molar refractivity (Wildman–Crippen MR) is 72.0 cm³/mol. The third-order valence-electron chi connectivity index (χ3n) is 2.96. The Bertz CT molecular complexity index is 610. The van der Waals surface area contributed by atoms with Gasteiger partial charge in [0.1, 0.15) is 5.82 Å². The summed E-state index contributed by atoms with van der Waals surface area (Å²) in [5.74, 6) is -1.45. The second-order valence-corrected chi connectivity index (χ2v) is 4.56. The van der Waals surface area contributed by atoms with Crippen LogP contribution in [0.25, 0.3) is 0 Å². The lowest BCUT2D eigenvalue weighted by Gasteiger charge is -2.06. The molecule has 0 amide bonds. The van der Waals surface area contributed by atoms with E-state index in [4.69, 9.17) is 5.11 Å². The number of aromatic carboxylic acids is 1. The lowest BCUT2D eigenvalue weighted by atomic mass is 10.1. The molecule has 0 aliphatic rings. The zero-order valence-corrected chi connectivity index (χ0v) is 11.1. The van der Waals surface area contributed by atoms with Gasteiger partial charge in [0.05, 0.1) is 11.8 Å². The van der Waals surface area contributed by atoms with Gasteiger partial charge in [-0.3, -0.25) is 4.68 Å². The van der Waals surface area contributed by atoms with Crippen molar-refractivity contribution in [2.24, 2.45) is 7.05 Å². The summed E-state index contributed by atoms with van der Waals surface area (Å²) in [5, 5.41) is 16.0. The minimum Gasteiger partial charge on any atom is -0.478 e. The molecule has 0 saturated carbocycles. The van der Waals surface area contributed by atoms with Gasteiger partial charge in [-0.1, -0.05) is 0 Å². The minimum absolute atomic E-state index is 0.0930. The molecule has 2 aromatic rings. The molecule has 106 valence electrons. The number of benzene rings is 1. The van der Waals surface area contributed by atoms with E-state index in [1.54, 1.807) is 10.9 Å². The van der Waals surface area contributed by atoms with Crippen LogP contribution in [0.5, 0.6) is 0 Å². The Kier molecular flexibility index (Phi) is 4.47. The number of carbonyl (C=O) groups is 1. The number of hydrogen-bond donors (Lipinski definition) is 2. The average molecular weight is 277 g/mol. The molecule has 0 atom stereocenters. The van der Waals surface area contributed by atoms with Gasteiger partial charge in [0.15, 0.2) is 0 Å². The zero-order chi connectivity index (χ0) is 14.5. The van der Waals surface area contributed by atoms with Crippen LogP contribution in [0, 0.1) is 5.82 Å². The zero-order valence-electron chi connectivity index (χ0n) is 11.1. The van der Waals surface area contributed by atoms with E-state index in [9.17, 15) is 9.18 Å². The fraction of sp³-hybridized carbons (Fsp3) is 0.286. The molecular weight excluding hydrogens is 261 g/mol. The molecule has 1 aromatic carbocycles. The van der Waals surface area contributed by atoms with Crippen molar-refractivity contribution in [3.05, 3.63) is 53.1 Å². The first kappa shape index (κ1) is 14.2. The van der Waals surface area contributed by atoms with Gasteiger partial charge in [-0.15, -0.1) is 0 Å². The highest BCUT2D eigenvalue weighted by molar-refractivity contribution is 5.87. The first-order chi connectivity index (χ1) is 9.56. The number of nitrogens with one attached hydrogen (secondary N) is 1. The van der Waals surface area contributed by atoms with Gasteiger partial charge in [0.2, 0.25) is 0 Å². The van der Waals surface area contributed by atoms with E-state index in [2.05, 4.69) is 10.4 Å². The number of rotatable bonds is 6. The summed E-state index contributed by atoms with van der Waals surface area (Å²) in [4.78, 5) is 10.8. The molecule has 0 radical (unpaired) electrons. The molecular formula is C14H16FN3O2. The average Bonchev–Trinajstić information content (AvgIpc) is 2.82. The topological polar surface area (TPSA) is 67.2 Å². The van der Waals surface area contributed by atoms with Gasteiger partial charge in [0.25, 0.3) is 0 Å². The van der Waals surface area contributed by atoms with E-state index < -0.39 is 11.8 Å². The van der Waals surface area contributed by atoms with Crippen molar-refractivity contribution in [1.29, 1.82) is 0 Å². The van der Waals surface area contributed by atoms with Gasteiger partial charge < -0.3 is 10.4 Å². The maximum atomic E-state index is 13.5. The van der Waals surface area contributed by atoms with Crippen LogP contribution in [0.4, 0.5) is 4.39 Å². The minimum atomic E-state index is -1.05. The molecule has 0 aliphatic heterocycles. The fourth-order valence-corrected chi connectivity index (χ4v) is 1.90. The summed E-state index contributed by atoms with van der Waals surface area (Å²) in [7, 11) is 1.85. The highest BCUT2D eigenvalue weighted by Gasteiger charge is 2.08. The van der Waals surface area contributed by atoms with E-state index in [0.717, 1.165) is 12.0 Å². The molecule has 2 rings (SSSR count). The van der Waals surface area contributed by atoms with Gasteiger partial charge in [-0.05, 0) is 36.7 Å². The summed E-state index contributed by atoms with van der Waals surface area (Å²) in [5.41, 5.74) is 1.55. The standard InChI is InChI=1S/C14H16FN3O2/c1-18-9-10(7-17-18)4-5-16-8-12-6-11(14(19)20)2-3-13(12)15/h2-3,6-7,9,16H,4-5,8H2,1H3,(H,19,20). The number of carboxylic acid groups (broad SMARTS) is 1. The van der Waals surface area contributed by atoms with Crippen LogP contribution in [0.2, 0.25) is 0 Å². The van der Waals surface area contributed by atoms with Crippen molar-refractivity contribution >= 4 is 5.97 Å². The molecule has 1 aromatic heterocycles. The van der Waals surface area contributed by atoms with Crippen molar-refractivity contribution in [3.8, 4) is 0 Å². The summed E-state index contributed by atoms with van der Waals surface area (Å²) >= 11 is 0. The van der Waals surface area contributed by atoms with Gasteiger partial charge in [-0.2, -0.15) is 5.10 Å². The monoisotopic (exact) mass is 277 g/mol. The van der Waals surface area contributed by atoms with Gasteiger partial charge in [0, 0.05) is 25.4 Å². The highest BCUT2D eigenvalue weighted by atomic mass is 19.1. The Labute approximate surface area is 116 Å². The Balaban J connectivity index is 1.87. The van der Waals surface area contributed by atoms with Crippen LogP contribution in [-0.2, 0) is 20.0 Å². The van der Waals surface area contributed by atoms with E-state index in [-0.39, 0.29) is 5.56 Å². The number of aryl methyl sites for hydroxylation is 1. The Morgan fingerprint density at radius 1 is 1.50 bits per heavy atom. The van der Waals surface area contributed by atoms with Crippen LogP contribution in [0.1, 0.15) is 21.5 Å². The summed E-state index contributed by atoms with van der Waals surface area (Å²) in [6.07, 6.45) is 4.49. The summed E-state index contributed by atoms with van der Waals surface area (Å²) in [6.45, 7) is 0.968. The smallest absolute Gasteiger partial charge is 0.335 e. The van der Waals surface area contributed by atoms with Gasteiger partial charge in [-0.25, -0.2) is 9.18 Å². The molecule has 0 unspecified atom stereocenters. The van der Waals surface area contributed by atoms with E-state index in [1.807, 2.05) is 13.2 Å². The van der Waals surface area contributed by atoms with Crippen LogP contribution in [-0.4, -0.2) is 27.4 Å². The SMILES string of the molecule is Cn1cc(CCNCc2cc(C(=O)O)ccc2F)cn1. The molecule has 2 N–H and O–H groups in total. The van der Waals surface area contributed by atoms with Crippen molar-refractivity contribution in [1.82, 2.24) is 15.1 Å². The normalized spacial score (nSPS) is 10.7. The first-order valence-electron chi connectivity index (χ1n) is 6.26. The quantitative estimate of drug-likeness (QED) is 0.787. The Morgan fingerprint density at radius 2 is 2.30 bits per heavy atom.